The number of nitrogens with zero attached hydrogens (tertiary/aromatic N) is 1. The van der Waals surface area contributed by atoms with Crippen molar-refractivity contribution in [1.29, 1.82) is 0 Å². The summed E-state index contributed by atoms with van der Waals surface area (Å²) < 4.78 is 0. The molecule has 1 amide bonds. The van der Waals surface area contributed by atoms with Crippen LogP contribution in [-0.4, -0.2) is 42.5 Å². The molecule has 0 saturated carbocycles. The van der Waals surface area contributed by atoms with E-state index >= 15 is 0 Å². The summed E-state index contributed by atoms with van der Waals surface area (Å²) in [6.45, 7) is 8.79. The van der Waals surface area contributed by atoms with Gasteiger partial charge in [-0.1, -0.05) is 6.92 Å². The maximum atomic E-state index is 11.9. The molecule has 0 aromatic rings. The van der Waals surface area contributed by atoms with Gasteiger partial charge in [0.05, 0.1) is 6.04 Å². The highest BCUT2D eigenvalue weighted by Crippen LogP contribution is 2.17. The number of carbonyl (C=O) groups is 1. The summed E-state index contributed by atoms with van der Waals surface area (Å²) >= 11 is 0. The fourth-order valence-electron chi connectivity index (χ4n) is 2.04. The second-order valence-electron chi connectivity index (χ2n) is 4.88. The lowest BCUT2D eigenvalue weighted by atomic mass is 10.1. The molecule has 1 saturated heterocycles. The highest BCUT2D eigenvalue weighted by molar-refractivity contribution is 5.81. The molecule has 4 heteroatoms. The van der Waals surface area contributed by atoms with Gasteiger partial charge >= 0.3 is 0 Å². The number of amides is 1. The number of carbonyl (C=O) groups excluding carboxylic acids is 1. The number of nitrogens with two attached hydrogens (primary N) is 1. The van der Waals surface area contributed by atoms with Crippen molar-refractivity contribution in [1.82, 2.24) is 10.2 Å². The van der Waals surface area contributed by atoms with Gasteiger partial charge in [-0.15, -0.1) is 0 Å². The van der Waals surface area contributed by atoms with Crippen molar-refractivity contribution in [3.05, 3.63) is 0 Å². The standard InChI is InChI=1S/C12H25N3O/c1-4-9(2)14-12(16)10(3)15-6-5-11(7-13)8-15/h9-11H,4-8,13H2,1-3H3,(H,14,16). The molecule has 0 bridgehead atoms. The normalized spacial score (nSPS) is 25.4. The fourth-order valence-corrected chi connectivity index (χ4v) is 2.04. The molecular weight excluding hydrogens is 202 g/mol. The first-order chi connectivity index (χ1) is 7.58. The molecule has 4 nitrogen and oxygen atoms in total. The maximum absolute atomic E-state index is 11.9. The van der Waals surface area contributed by atoms with E-state index in [9.17, 15) is 4.79 Å². The molecule has 16 heavy (non-hydrogen) atoms. The molecule has 3 atom stereocenters. The quantitative estimate of drug-likeness (QED) is 0.722. The average Bonchev–Trinajstić information content (AvgIpc) is 2.76. The number of nitrogens with one attached hydrogen (secondary N) is 1. The fraction of sp³-hybridized carbons (Fsp3) is 0.917. The first-order valence-electron chi connectivity index (χ1n) is 6.33. The van der Waals surface area contributed by atoms with Crippen molar-refractivity contribution < 1.29 is 4.79 Å². The molecule has 1 aliphatic heterocycles. The highest BCUT2D eigenvalue weighted by atomic mass is 16.2. The van der Waals surface area contributed by atoms with Gasteiger partial charge in [0, 0.05) is 12.6 Å². The Morgan fingerprint density at radius 2 is 2.25 bits per heavy atom. The molecule has 0 radical (unpaired) electrons. The van der Waals surface area contributed by atoms with Crippen molar-refractivity contribution in [3.63, 3.8) is 0 Å². The predicted molar refractivity (Wildman–Crippen MR) is 66.1 cm³/mol. The third-order valence-electron chi connectivity index (χ3n) is 3.58. The molecule has 0 aliphatic carbocycles. The highest BCUT2D eigenvalue weighted by Gasteiger charge is 2.28. The number of rotatable bonds is 5. The summed E-state index contributed by atoms with van der Waals surface area (Å²) in [5.41, 5.74) is 5.65. The third-order valence-corrected chi connectivity index (χ3v) is 3.58. The van der Waals surface area contributed by atoms with Crippen molar-refractivity contribution >= 4 is 5.91 Å². The van der Waals surface area contributed by atoms with Crippen LogP contribution in [0.2, 0.25) is 0 Å². The van der Waals surface area contributed by atoms with E-state index in [2.05, 4.69) is 17.1 Å². The van der Waals surface area contributed by atoms with E-state index in [4.69, 9.17) is 5.73 Å². The molecule has 3 N–H and O–H groups in total. The second kappa shape index (κ2) is 6.21. The van der Waals surface area contributed by atoms with Crippen LogP contribution in [0.3, 0.4) is 0 Å². The molecule has 1 aliphatic rings. The maximum Gasteiger partial charge on any atom is 0.237 e. The zero-order valence-corrected chi connectivity index (χ0v) is 10.7. The SMILES string of the molecule is CCC(C)NC(=O)C(C)N1CCC(CN)C1. The van der Waals surface area contributed by atoms with Gasteiger partial charge in [-0.3, -0.25) is 9.69 Å². The van der Waals surface area contributed by atoms with Crippen LogP contribution in [-0.2, 0) is 4.79 Å². The van der Waals surface area contributed by atoms with E-state index in [1.165, 1.54) is 0 Å². The lowest BCUT2D eigenvalue weighted by Crippen LogP contribution is -2.46. The van der Waals surface area contributed by atoms with Gasteiger partial charge in [0.25, 0.3) is 0 Å². The van der Waals surface area contributed by atoms with Crippen molar-refractivity contribution in [3.8, 4) is 0 Å². The Kier molecular flexibility index (Phi) is 5.22. The summed E-state index contributed by atoms with van der Waals surface area (Å²) in [6.07, 6.45) is 2.10. The molecule has 0 spiro atoms. The molecule has 3 unspecified atom stereocenters. The average molecular weight is 227 g/mol. The second-order valence-corrected chi connectivity index (χ2v) is 4.88. The molecule has 0 aromatic heterocycles. The van der Waals surface area contributed by atoms with Gasteiger partial charge in [-0.25, -0.2) is 0 Å². The molecule has 1 heterocycles. The van der Waals surface area contributed by atoms with E-state index < -0.39 is 0 Å². The Morgan fingerprint density at radius 1 is 1.56 bits per heavy atom. The van der Waals surface area contributed by atoms with Gasteiger partial charge in [0.15, 0.2) is 0 Å². The van der Waals surface area contributed by atoms with Crippen molar-refractivity contribution in [2.75, 3.05) is 19.6 Å². The van der Waals surface area contributed by atoms with E-state index in [0.29, 0.717) is 5.92 Å². The minimum absolute atomic E-state index is 0.0226. The summed E-state index contributed by atoms with van der Waals surface area (Å²) in [6, 6.07) is 0.244. The van der Waals surface area contributed by atoms with Crippen LogP contribution >= 0.6 is 0 Å². The Morgan fingerprint density at radius 3 is 2.75 bits per heavy atom. The Bertz CT molecular complexity index is 232. The molecule has 1 rings (SSSR count). The number of hydrogen-bond donors (Lipinski definition) is 2. The Labute approximate surface area is 98.6 Å². The minimum Gasteiger partial charge on any atom is -0.352 e. The van der Waals surface area contributed by atoms with Crippen LogP contribution in [0.4, 0.5) is 0 Å². The van der Waals surface area contributed by atoms with E-state index in [1.807, 2.05) is 13.8 Å². The van der Waals surface area contributed by atoms with Crippen molar-refractivity contribution in [2.45, 2.75) is 45.7 Å². The van der Waals surface area contributed by atoms with Crippen LogP contribution in [0.25, 0.3) is 0 Å². The molecular formula is C12H25N3O. The smallest absolute Gasteiger partial charge is 0.237 e. The first-order valence-corrected chi connectivity index (χ1v) is 6.33. The summed E-state index contributed by atoms with van der Waals surface area (Å²) in [7, 11) is 0. The topological polar surface area (TPSA) is 58.4 Å². The van der Waals surface area contributed by atoms with E-state index in [0.717, 1.165) is 32.5 Å². The van der Waals surface area contributed by atoms with Gasteiger partial charge < -0.3 is 11.1 Å². The Hall–Kier alpha value is -0.610. The summed E-state index contributed by atoms with van der Waals surface area (Å²) in [5, 5.41) is 3.03. The van der Waals surface area contributed by atoms with Gasteiger partial charge in [0.2, 0.25) is 5.91 Å². The first kappa shape index (κ1) is 13.5. The van der Waals surface area contributed by atoms with Crippen LogP contribution in [0.15, 0.2) is 0 Å². The van der Waals surface area contributed by atoms with Crippen LogP contribution in [0, 0.1) is 5.92 Å². The largest absolute Gasteiger partial charge is 0.352 e. The van der Waals surface area contributed by atoms with Gasteiger partial charge in [0.1, 0.15) is 0 Å². The zero-order chi connectivity index (χ0) is 12.1. The van der Waals surface area contributed by atoms with Crippen LogP contribution < -0.4 is 11.1 Å². The third kappa shape index (κ3) is 3.46. The van der Waals surface area contributed by atoms with E-state index in [-0.39, 0.29) is 18.0 Å². The summed E-state index contributed by atoms with van der Waals surface area (Å²) in [5.74, 6) is 0.714. The lowest BCUT2D eigenvalue weighted by molar-refractivity contribution is -0.126. The van der Waals surface area contributed by atoms with Crippen molar-refractivity contribution in [2.24, 2.45) is 11.7 Å². The molecule has 0 aromatic carbocycles. The predicted octanol–water partition coefficient (Wildman–Crippen LogP) is 0.570. The zero-order valence-electron chi connectivity index (χ0n) is 10.7. The molecule has 1 fully saturated rings. The van der Waals surface area contributed by atoms with Crippen LogP contribution in [0.5, 0.6) is 0 Å². The Balaban J connectivity index is 2.39. The van der Waals surface area contributed by atoms with Gasteiger partial charge in [-0.05, 0) is 45.7 Å². The number of hydrogen-bond acceptors (Lipinski definition) is 3. The number of likely N-dealkylation sites (tertiary alicyclic amines) is 1. The summed E-state index contributed by atoms with van der Waals surface area (Å²) in [4.78, 5) is 14.1. The monoisotopic (exact) mass is 227 g/mol. The molecule has 94 valence electrons. The van der Waals surface area contributed by atoms with E-state index in [1.54, 1.807) is 0 Å². The lowest BCUT2D eigenvalue weighted by Gasteiger charge is -2.25. The van der Waals surface area contributed by atoms with Crippen LogP contribution in [0.1, 0.15) is 33.6 Å². The van der Waals surface area contributed by atoms with Gasteiger partial charge in [-0.2, -0.15) is 0 Å². The minimum atomic E-state index is -0.0226.